The molecule has 0 unspecified atom stereocenters. The molecule has 0 radical (unpaired) electrons. The number of benzene rings is 2. The van der Waals surface area contributed by atoms with Crippen molar-refractivity contribution in [3.05, 3.63) is 94.1 Å². The van der Waals surface area contributed by atoms with Gasteiger partial charge in [-0.1, -0.05) is 60.7 Å². The number of rotatable bonds is 0. The van der Waals surface area contributed by atoms with Crippen molar-refractivity contribution in [1.82, 2.24) is 0 Å². The Labute approximate surface area is 123 Å². The van der Waals surface area contributed by atoms with Crippen LogP contribution in [0.15, 0.2) is 71.8 Å². The lowest BCUT2D eigenvalue weighted by molar-refractivity contribution is -0.115. The molecule has 100 valence electrons. The molecule has 0 saturated heterocycles. The molecular weight excluding hydrogens is 256 g/mol. The summed E-state index contributed by atoms with van der Waals surface area (Å²) < 4.78 is 0. The molecule has 6 rings (SSSR count). The molecule has 2 bridgehead atoms. The van der Waals surface area contributed by atoms with Gasteiger partial charge in [0, 0.05) is 23.8 Å². The molecule has 0 spiro atoms. The van der Waals surface area contributed by atoms with Crippen molar-refractivity contribution < 1.29 is 4.79 Å². The van der Waals surface area contributed by atoms with Crippen LogP contribution in [0.25, 0.3) is 0 Å². The molecule has 0 aliphatic heterocycles. The molecule has 4 aliphatic carbocycles. The standard InChI is InChI=1S/C20H14O/c21-17-11-5-10-16-18-12-6-1-3-8-14(12)19(20(16)17)15-9-4-2-7-13(15)18/h1-10,18-19H,11H2. The number of ketones is 1. The van der Waals surface area contributed by atoms with Gasteiger partial charge in [-0.15, -0.1) is 0 Å². The number of carbonyl (C=O) groups excluding carboxylic acids is 1. The summed E-state index contributed by atoms with van der Waals surface area (Å²) in [5.41, 5.74) is 7.67. The fourth-order valence-corrected chi connectivity index (χ4v) is 4.29. The van der Waals surface area contributed by atoms with E-state index in [1.54, 1.807) is 0 Å². The van der Waals surface area contributed by atoms with Crippen LogP contribution in [0.5, 0.6) is 0 Å². The summed E-state index contributed by atoms with van der Waals surface area (Å²) in [7, 11) is 0. The van der Waals surface area contributed by atoms with Crippen LogP contribution in [-0.4, -0.2) is 5.78 Å². The number of hydrogen-bond acceptors (Lipinski definition) is 1. The molecule has 21 heavy (non-hydrogen) atoms. The van der Waals surface area contributed by atoms with E-state index in [1.807, 2.05) is 6.08 Å². The highest BCUT2D eigenvalue weighted by Crippen LogP contribution is 2.56. The number of carbonyl (C=O) groups is 1. The van der Waals surface area contributed by atoms with Gasteiger partial charge in [-0.25, -0.2) is 0 Å². The van der Waals surface area contributed by atoms with Crippen molar-refractivity contribution in [2.24, 2.45) is 0 Å². The normalized spacial score (nSPS) is 24.7. The number of Topliss-reactive ketones (excluding diaryl/α,β-unsaturated/α-hetero) is 1. The Morgan fingerprint density at radius 1 is 0.762 bits per heavy atom. The van der Waals surface area contributed by atoms with Gasteiger partial charge in [0.25, 0.3) is 0 Å². The highest BCUT2D eigenvalue weighted by molar-refractivity contribution is 6.03. The largest absolute Gasteiger partial charge is 0.294 e. The van der Waals surface area contributed by atoms with Gasteiger partial charge in [-0.05, 0) is 27.8 Å². The topological polar surface area (TPSA) is 17.1 Å². The van der Waals surface area contributed by atoms with E-state index in [2.05, 4.69) is 54.6 Å². The van der Waals surface area contributed by atoms with Crippen LogP contribution in [0, 0.1) is 0 Å². The van der Waals surface area contributed by atoms with Crippen molar-refractivity contribution in [3.63, 3.8) is 0 Å². The van der Waals surface area contributed by atoms with Crippen molar-refractivity contribution in [3.8, 4) is 0 Å². The molecule has 4 aliphatic rings. The fraction of sp³-hybridized carbons (Fsp3) is 0.150. The molecule has 0 amide bonds. The quantitative estimate of drug-likeness (QED) is 0.704. The monoisotopic (exact) mass is 270 g/mol. The summed E-state index contributed by atoms with van der Waals surface area (Å²) in [5, 5.41) is 0. The smallest absolute Gasteiger partial charge is 0.163 e. The maximum Gasteiger partial charge on any atom is 0.163 e. The lowest BCUT2D eigenvalue weighted by atomic mass is 9.59. The molecule has 0 atom stereocenters. The van der Waals surface area contributed by atoms with E-state index in [0.29, 0.717) is 12.2 Å². The van der Waals surface area contributed by atoms with Crippen molar-refractivity contribution in [1.29, 1.82) is 0 Å². The predicted octanol–water partition coefficient (Wildman–Crippen LogP) is 4.10. The molecule has 2 aromatic carbocycles. The third-order valence-electron chi connectivity index (χ3n) is 5.05. The van der Waals surface area contributed by atoms with Gasteiger partial charge in [0.2, 0.25) is 0 Å². The average molecular weight is 270 g/mol. The van der Waals surface area contributed by atoms with Gasteiger partial charge >= 0.3 is 0 Å². The Hall–Kier alpha value is -2.41. The molecule has 1 heteroatoms. The van der Waals surface area contributed by atoms with Crippen LogP contribution < -0.4 is 0 Å². The maximum atomic E-state index is 12.5. The summed E-state index contributed by atoms with van der Waals surface area (Å²) in [4.78, 5) is 12.5. The maximum absolute atomic E-state index is 12.5. The summed E-state index contributed by atoms with van der Waals surface area (Å²) in [6.45, 7) is 0. The zero-order valence-corrected chi connectivity index (χ0v) is 11.5. The second-order valence-corrected chi connectivity index (χ2v) is 6.02. The van der Waals surface area contributed by atoms with E-state index in [9.17, 15) is 4.79 Å². The van der Waals surface area contributed by atoms with Crippen molar-refractivity contribution in [2.75, 3.05) is 0 Å². The molecule has 1 nitrogen and oxygen atoms in total. The summed E-state index contributed by atoms with van der Waals surface area (Å²) in [6.07, 6.45) is 4.75. The van der Waals surface area contributed by atoms with Crippen molar-refractivity contribution >= 4 is 5.78 Å². The molecule has 0 N–H and O–H groups in total. The Bertz CT molecular complexity index is 806. The zero-order valence-electron chi connectivity index (χ0n) is 11.5. The molecule has 2 aromatic rings. The molecule has 0 heterocycles. The van der Waals surface area contributed by atoms with E-state index in [1.165, 1.54) is 27.8 Å². The van der Waals surface area contributed by atoms with Gasteiger partial charge in [0.1, 0.15) is 0 Å². The molecular formula is C20H14O. The van der Waals surface area contributed by atoms with E-state index >= 15 is 0 Å². The minimum atomic E-state index is 0.134. The third kappa shape index (κ3) is 1.29. The lowest BCUT2D eigenvalue weighted by Crippen LogP contribution is -2.31. The molecule has 0 saturated carbocycles. The lowest BCUT2D eigenvalue weighted by Gasteiger charge is -2.43. The van der Waals surface area contributed by atoms with Crippen LogP contribution in [0.4, 0.5) is 0 Å². The van der Waals surface area contributed by atoms with Crippen LogP contribution in [0.3, 0.4) is 0 Å². The highest BCUT2D eigenvalue weighted by atomic mass is 16.1. The average Bonchev–Trinajstić information content (AvgIpc) is 2.55. The van der Waals surface area contributed by atoms with Crippen molar-refractivity contribution in [2.45, 2.75) is 18.3 Å². The van der Waals surface area contributed by atoms with E-state index < -0.39 is 0 Å². The van der Waals surface area contributed by atoms with Gasteiger partial charge in [0.15, 0.2) is 5.78 Å². The molecule has 0 aromatic heterocycles. The van der Waals surface area contributed by atoms with E-state index in [-0.39, 0.29) is 11.8 Å². The van der Waals surface area contributed by atoms with Gasteiger partial charge in [-0.3, -0.25) is 4.79 Å². The van der Waals surface area contributed by atoms with Crippen LogP contribution in [0.2, 0.25) is 0 Å². The second kappa shape index (κ2) is 3.82. The second-order valence-electron chi connectivity index (χ2n) is 6.02. The fourth-order valence-electron chi connectivity index (χ4n) is 4.29. The first-order valence-corrected chi connectivity index (χ1v) is 7.47. The minimum Gasteiger partial charge on any atom is -0.294 e. The van der Waals surface area contributed by atoms with Gasteiger partial charge in [-0.2, -0.15) is 0 Å². The summed E-state index contributed by atoms with van der Waals surface area (Å²) >= 11 is 0. The Morgan fingerprint density at radius 3 is 1.86 bits per heavy atom. The predicted molar refractivity (Wildman–Crippen MR) is 82.4 cm³/mol. The van der Waals surface area contributed by atoms with Crippen LogP contribution in [0.1, 0.15) is 40.5 Å². The number of hydrogen-bond donors (Lipinski definition) is 0. The first-order valence-electron chi connectivity index (χ1n) is 7.47. The summed E-state index contributed by atoms with van der Waals surface area (Å²) in [6, 6.07) is 17.2. The zero-order chi connectivity index (χ0) is 14.0. The summed E-state index contributed by atoms with van der Waals surface area (Å²) in [5.74, 6) is 0.666. The van der Waals surface area contributed by atoms with Crippen LogP contribution in [-0.2, 0) is 4.79 Å². The first kappa shape index (κ1) is 11.3. The van der Waals surface area contributed by atoms with E-state index in [4.69, 9.17) is 0 Å². The Balaban J connectivity index is 1.91. The third-order valence-corrected chi connectivity index (χ3v) is 5.05. The Kier molecular flexibility index (Phi) is 2.05. The molecule has 0 fully saturated rings. The van der Waals surface area contributed by atoms with Gasteiger partial charge < -0.3 is 0 Å². The minimum absolute atomic E-state index is 0.134. The van der Waals surface area contributed by atoms with Gasteiger partial charge in [0.05, 0.1) is 0 Å². The SMILES string of the molecule is O=C1CC=CC2=C1C1c3ccccc3C2c2ccccc21. The first-order chi connectivity index (χ1) is 10.4. The highest BCUT2D eigenvalue weighted by Gasteiger charge is 2.44. The number of allylic oxidation sites excluding steroid dienone is 4. The van der Waals surface area contributed by atoms with E-state index in [0.717, 1.165) is 5.57 Å². The Morgan fingerprint density at radius 2 is 1.29 bits per heavy atom. The van der Waals surface area contributed by atoms with Crippen LogP contribution >= 0.6 is 0 Å².